The van der Waals surface area contributed by atoms with Crippen LogP contribution in [0.4, 0.5) is 18.9 Å². The highest BCUT2D eigenvalue weighted by atomic mass is 19.4. The van der Waals surface area contributed by atoms with E-state index in [2.05, 4.69) is 5.32 Å². The van der Waals surface area contributed by atoms with E-state index < -0.39 is 24.4 Å². The number of aromatic hydroxyl groups is 1. The van der Waals surface area contributed by atoms with Crippen molar-refractivity contribution in [3.05, 3.63) is 41.5 Å². The predicted molar refractivity (Wildman–Crippen MR) is 94.6 cm³/mol. The van der Waals surface area contributed by atoms with Gasteiger partial charge in [0.2, 0.25) is 0 Å². The van der Waals surface area contributed by atoms with Gasteiger partial charge in [-0.25, -0.2) is 4.79 Å². The van der Waals surface area contributed by atoms with Crippen LogP contribution < -0.4 is 5.32 Å². The standard InChI is InChI=1S/C19H20F3NO4/c20-19(21,22)12-23-14-10-13-6-2-1-3-7-15(24)8-4-5-9-27-18(26)17(13)16(25)11-14/h2,4-6,10-11,23,25H,1,3,7-9,12H2. The molecule has 2 N–H and O–H groups in total. The van der Waals surface area contributed by atoms with E-state index in [-0.39, 0.29) is 35.6 Å². The fourth-order valence-corrected chi connectivity index (χ4v) is 2.52. The summed E-state index contributed by atoms with van der Waals surface area (Å²) in [4.78, 5) is 23.9. The van der Waals surface area contributed by atoms with Gasteiger partial charge in [0.1, 0.15) is 30.2 Å². The number of carbonyl (C=O) groups excluding carboxylic acids is 2. The van der Waals surface area contributed by atoms with E-state index in [4.69, 9.17) is 4.74 Å². The molecule has 1 aliphatic rings. The molecule has 0 saturated carbocycles. The maximum atomic E-state index is 12.4. The quantitative estimate of drug-likeness (QED) is 0.590. The molecule has 0 aromatic heterocycles. The van der Waals surface area contributed by atoms with Gasteiger partial charge in [-0.3, -0.25) is 4.79 Å². The minimum Gasteiger partial charge on any atom is -0.507 e. The summed E-state index contributed by atoms with van der Waals surface area (Å²) in [6.45, 7) is -1.35. The average Bonchev–Trinajstić information content (AvgIpc) is 2.57. The number of rotatable bonds is 2. The number of halogens is 3. The molecule has 0 saturated heterocycles. The number of ether oxygens (including phenoxy) is 1. The van der Waals surface area contributed by atoms with Crippen LogP contribution >= 0.6 is 0 Å². The van der Waals surface area contributed by atoms with Crippen molar-refractivity contribution < 1.29 is 32.6 Å². The zero-order valence-corrected chi connectivity index (χ0v) is 14.5. The van der Waals surface area contributed by atoms with Gasteiger partial charge in [-0.05, 0) is 24.5 Å². The first-order valence-corrected chi connectivity index (χ1v) is 8.44. The van der Waals surface area contributed by atoms with Gasteiger partial charge in [0, 0.05) is 24.6 Å². The van der Waals surface area contributed by atoms with Crippen molar-refractivity contribution in [3.63, 3.8) is 0 Å². The number of ketones is 1. The number of carbonyl (C=O) groups is 2. The third kappa shape index (κ3) is 6.80. The smallest absolute Gasteiger partial charge is 0.405 e. The lowest BCUT2D eigenvalue weighted by Gasteiger charge is -2.14. The van der Waals surface area contributed by atoms with Crippen LogP contribution in [-0.2, 0) is 9.53 Å². The van der Waals surface area contributed by atoms with Crippen molar-refractivity contribution >= 4 is 23.5 Å². The van der Waals surface area contributed by atoms with Crippen molar-refractivity contribution in [1.82, 2.24) is 0 Å². The minimum atomic E-state index is -4.42. The van der Waals surface area contributed by atoms with Gasteiger partial charge in [0.05, 0.1) is 0 Å². The summed E-state index contributed by atoms with van der Waals surface area (Å²) in [5, 5.41) is 12.3. The Morgan fingerprint density at radius 2 is 1.93 bits per heavy atom. The second-order valence-corrected chi connectivity index (χ2v) is 6.04. The third-order valence-corrected chi connectivity index (χ3v) is 3.79. The molecule has 0 bridgehead atoms. The van der Waals surface area contributed by atoms with Crippen molar-refractivity contribution in [2.75, 3.05) is 18.5 Å². The normalized spacial score (nSPS) is 16.4. The molecule has 1 aromatic rings. The lowest BCUT2D eigenvalue weighted by molar-refractivity contribution is -0.118. The van der Waals surface area contributed by atoms with Gasteiger partial charge in [-0.15, -0.1) is 0 Å². The topological polar surface area (TPSA) is 75.6 Å². The maximum absolute atomic E-state index is 12.4. The van der Waals surface area contributed by atoms with Gasteiger partial charge in [0.15, 0.2) is 0 Å². The molecule has 5 nitrogen and oxygen atoms in total. The van der Waals surface area contributed by atoms with E-state index in [1.807, 2.05) is 0 Å². The van der Waals surface area contributed by atoms with E-state index in [1.54, 1.807) is 12.2 Å². The van der Waals surface area contributed by atoms with Crippen molar-refractivity contribution in [1.29, 1.82) is 0 Å². The Morgan fingerprint density at radius 3 is 2.67 bits per heavy atom. The van der Waals surface area contributed by atoms with Crippen molar-refractivity contribution in [2.24, 2.45) is 0 Å². The van der Waals surface area contributed by atoms with Crippen LogP contribution in [0.2, 0.25) is 0 Å². The molecule has 0 radical (unpaired) electrons. The summed E-state index contributed by atoms with van der Waals surface area (Å²) < 4.78 is 42.3. The summed E-state index contributed by atoms with van der Waals surface area (Å²) in [6, 6.07) is 2.39. The van der Waals surface area contributed by atoms with Gasteiger partial charge in [0.25, 0.3) is 0 Å². The Labute approximate surface area is 154 Å². The lowest BCUT2D eigenvalue weighted by atomic mass is 10.0. The highest BCUT2D eigenvalue weighted by Gasteiger charge is 2.27. The monoisotopic (exact) mass is 383 g/mol. The fraction of sp³-hybridized carbons (Fsp3) is 0.368. The first-order valence-electron chi connectivity index (χ1n) is 8.44. The van der Waals surface area contributed by atoms with Gasteiger partial charge >= 0.3 is 12.1 Å². The largest absolute Gasteiger partial charge is 0.507 e. The van der Waals surface area contributed by atoms with Crippen LogP contribution in [0, 0.1) is 0 Å². The Hall–Kier alpha value is -2.77. The van der Waals surface area contributed by atoms with E-state index in [1.165, 1.54) is 18.2 Å². The Morgan fingerprint density at radius 1 is 1.15 bits per heavy atom. The van der Waals surface area contributed by atoms with Crippen LogP contribution in [0.5, 0.6) is 5.75 Å². The number of Topliss-reactive ketones (excluding diaryl/α,β-unsaturated/α-hetero) is 1. The predicted octanol–water partition coefficient (Wildman–Crippen LogP) is 4.24. The maximum Gasteiger partial charge on any atom is 0.405 e. The van der Waals surface area contributed by atoms with Gasteiger partial charge < -0.3 is 15.2 Å². The fourth-order valence-electron chi connectivity index (χ4n) is 2.52. The molecule has 1 aromatic carbocycles. The molecule has 0 spiro atoms. The second kappa shape index (κ2) is 9.25. The van der Waals surface area contributed by atoms with E-state index in [9.17, 15) is 27.9 Å². The zero-order chi connectivity index (χ0) is 19.9. The molecule has 1 heterocycles. The molecular formula is C19H20F3NO4. The molecule has 27 heavy (non-hydrogen) atoms. The van der Waals surface area contributed by atoms with Crippen LogP contribution in [0.25, 0.3) is 6.08 Å². The Bertz CT molecular complexity index is 754. The summed E-state index contributed by atoms with van der Waals surface area (Å²) in [5.41, 5.74) is 0.139. The third-order valence-electron chi connectivity index (χ3n) is 3.79. The minimum absolute atomic E-state index is 0.0252. The zero-order valence-electron chi connectivity index (χ0n) is 14.5. The molecule has 0 atom stereocenters. The number of cyclic esters (lactones) is 1. The number of phenolic OH excluding ortho intramolecular Hbond substituents is 1. The van der Waals surface area contributed by atoms with Gasteiger partial charge in [-0.2, -0.15) is 13.2 Å². The van der Waals surface area contributed by atoms with Crippen molar-refractivity contribution in [2.45, 2.75) is 31.9 Å². The lowest BCUT2D eigenvalue weighted by Crippen LogP contribution is -2.21. The first-order chi connectivity index (χ1) is 12.8. The van der Waals surface area contributed by atoms with Crippen molar-refractivity contribution in [3.8, 4) is 5.75 Å². The average molecular weight is 383 g/mol. The molecular weight excluding hydrogens is 363 g/mol. The first kappa shape index (κ1) is 20.5. The molecule has 0 fully saturated rings. The molecule has 146 valence electrons. The summed E-state index contributed by atoms with van der Waals surface area (Å²) in [6.07, 6.45) is 3.78. The SMILES string of the molecule is O=C1CC=CCOC(=O)c2c(O)cc(NCC(F)(F)F)cc2C=CCCC1. The number of phenols is 1. The molecule has 0 aliphatic carbocycles. The van der Waals surface area contributed by atoms with E-state index >= 15 is 0 Å². The second-order valence-electron chi connectivity index (χ2n) is 6.04. The number of allylic oxidation sites excluding steroid dienone is 2. The summed E-state index contributed by atoms with van der Waals surface area (Å²) in [5.74, 6) is -1.21. The molecule has 2 rings (SSSR count). The molecule has 0 unspecified atom stereocenters. The van der Waals surface area contributed by atoms with Crippen LogP contribution in [0.15, 0.2) is 30.4 Å². The van der Waals surface area contributed by atoms with Gasteiger partial charge in [-0.1, -0.05) is 24.3 Å². The number of alkyl halides is 3. The number of nitrogens with one attached hydrogen (secondary N) is 1. The summed E-state index contributed by atoms with van der Waals surface area (Å²) in [7, 11) is 0. The van der Waals surface area contributed by atoms with E-state index in [0.29, 0.717) is 19.3 Å². The highest BCUT2D eigenvalue weighted by Crippen LogP contribution is 2.29. The van der Waals surface area contributed by atoms with Crippen LogP contribution in [-0.4, -0.2) is 36.2 Å². The highest BCUT2D eigenvalue weighted by molar-refractivity contribution is 5.97. The summed E-state index contributed by atoms with van der Waals surface area (Å²) >= 11 is 0. The van der Waals surface area contributed by atoms with Crippen LogP contribution in [0.1, 0.15) is 41.6 Å². The molecule has 0 amide bonds. The molecule has 8 heteroatoms. The molecule has 1 aliphatic heterocycles. The number of hydrogen-bond donors (Lipinski definition) is 2. The number of fused-ring (bicyclic) bond motifs is 1. The van der Waals surface area contributed by atoms with Crippen LogP contribution in [0.3, 0.4) is 0 Å². The number of benzene rings is 1. The van der Waals surface area contributed by atoms with E-state index in [0.717, 1.165) is 6.07 Å². The Balaban J connectivity index is 2.31. The number of esters is 1. The number of hydrogen-bond acceptors (Lipinski definition) is 5. The number of anilines is 1. The Kier molecular flexibility index (Phi) is 7.04.